The molecular weight excluding hydrogens is 298 g/mol. The van der Waals surface area contributed by atoms with E-state index in [0.29, 0.717) is 22.9 Å². The highest BCUT2D eigenvalue weighted by atomic mass is 35.5. The molecule has 0 aliphatic rings. The third-order valence-electron chi connectivity index (χ3n) is 3.01. The van der Waals surface area contributed by atoms with Crippen molar-refractivity contribution in [1.29, 1.82) is 0 Å². The third kappa shape index (κ3) is 5.79. The van der Waals surface area contributed by atoms with Crippen molar-refractivity contribution in [3.8, 4) is 0 Å². The molecule has 0 bridgehead atoms. The van der Waals surface area contributed by atoms with Gasteiger partial charge in [0.05, 0.1) is 11.9 Å². The van der Waals surface area contributed by atoms with E-state index in [9.17, 15) is 13.5 Å². The summed E-state index contributed by atoms with van der Waals surface area (Å²) in [5, 5.41) is 10.7. The molecule has 0 spiro atoms. The summed E-state index contributed by atoms with van der Waals surface area (Å²) in [5.41, 5.74) is 0.633. The number of hydrogen-bond acceptors (Lipinski definition) is 3. The summed E-state index contributed by atoms with van der Waals surface area (Å²) in [7, 11) is -3.37. The summed E-state index contributed by atoms with van der Waals surface area (Å²) >= 11 is 5.78. The summed E-state index contributed by atoms with van der Waals surface area (Å²) in [6.45, 7) is 5.59. The molecule has 0 saturated carbocycles. The number of aliphatic hydroxyl groups is 1. The molecule has 20 heavy (non-hydrogen) atoms. The van der Waals surface area contributed by atoms with Crippen LogP contribution in [-0.4, -0.2) is 25.3 Å². The Labute approximate surface area is 126 Å². The summed E-state index contributed by atoms with van der Waals surface area (Å²) in [6, 6.07) is 6.12. The van der Waals surface area contributed by atoms with E-state index in [-0.39, 0.29) is 5.75 Å². The first-order valence-corrected chi connectivity index (χ1v) is 8.68. The van der Waals surface area contributed by atoms with E-state index in [2.05, 4.69) is 4.72 Å². The van der Waals surface area contributed by atoms with Crippen molar-refractivity contribution in [2.45, 2.75) is 39.3 Å². The van der Waals surface area contributed by atoms with Gasteiger partial charge in [0.2, 0.25) is 10.0 Å². The normalized spacial score (nSPS) is 15.3. The van der Waals surface area contributed by atoms with Crippen LogP contribution >= 0.6 is 11.6 Å². The Bertz CT molecular complexity index is 514. The molecule has 0 saturated heterocycles. The zero-order valence-electron chi connectivity index (χ0n) is 12.0. The number of halogens is 1. The summed E-state index contributed by atoms with van der Waals surface area (Å²) < 4.78 is 26.3. The Morgan fingerprint density at radius 3 is 2.25 bits per heavy atom. The quantitative estimate of drug-likeness (QED) is 0.812. The molecule has 0 heterocycles. The van der Waals surface area contributed by atoms with Crippen molar-refractivity contribution >= 4 is 21.6 Å². The standard InChI is InChI=1S/C14H22ClNO3S/c1-10(2)8-9-20(18,19)16-11(3)14(17)12-4-6-13(15)7-5-12/h4-7,10-11,14,16-17H,8-9H2,1-3H3. The average Bonchev–Trinajstić information content (AvgIpc) is 2.36. The molecule has 0 aliphatic heterocycles. The highest BCUT2D eigenvalue weighted by molar-refractivity contribution is 7.89. The Morgan fingerprint density at radius 1 is 1.20 bits per heavy atom. The van der Waals surface area contributed by atoms with Crippen LogP contribution in [0.4, 0.5) is 0 Å². The molecule has 2 unspecified atom stereocenters. The second kappa shape index (κ2) is 7.41. The van der Waals surface area contributed by atoms with E-state index in [1.807, 2.05) is 13.8 Å². The molecule has 1 aromatic rings. The van der Waals surface area contributed by atoms with E-state index in [1.54, 1.807) is 31.2 Å². The number of aliphatic hydroxyl groups excluding tert-OH is 1. The van der Waals surface area contributed by atoms with Crippen LogP contribution in [0.2, 0.25) is 5.02 Å². The van der Waals surface area contributed by atoms with Crippen LogP contribution in [0.25, 0.3) is 0 Å². The van der Waals surface area contributed by atoms with Gasteiger partial charge in [-0.05, 0) is 37.0 Å². The molecule has 1 aromatic carbocycles. The fourth-order valence-electron chi connectivity index (χ4n) is 1.75. The number of hydrogen-bond donors (Lipinski definition) is 2. The van der Waals surface area contributed by atoms with Crippen LogP contribution in [0.3, 0.4) is 0 Å². The highest BCUT2D eigenvalue weighted by Crippen LogP contribution is 2.19. The van der Waals surface area contributed by atoms with E-state index in [0.717, 1.165) is 0 Å². The lowest BCUT2D eigenvalue weighted by Gasteiger charge is -2.21. The van der Waals surface area contributed by atoms with Crippen LogP contribution in [0, 0.1) is 5.92 Å². The zero-order valence-corrected chi connectivity index (χ0v) is 13.6. The van der Waals surface area contributed by atoms with E-state index in [1.165, 1.54) is 0 Å². The number of sulfonamides is 1. The van der Waals surface area contributed by atoms with E-state index < -0.39 is 22.2 Å². The maximum Gasteiger partial charge on any atom is 0.211 e. The molecule has 0 amide bonds. The van der Waals surface area contributed by atoms with Crippen LogP contribution in [0.1, 0.15) is 38.9 Å². The fraction of sp³-hybridized carbons (Fsp3) is 0.571. The molecule has 4 nitrogen and oxygen atoms in total. The van der Waals surface area contributed by atoms with Gasteiger partial charge >= 0.3 is 0 Å². The third-order valence-corrected chi connectivity index (χ3v) is 4.77. The second-order valence-corrected chi connectivity index (χ2v) is 7.71. The number of rotatable bonds is 7. The van der Waals surface area contributed by atoms with Crippen LogP contribution in [-0.2, 0) is 10.0 Å². The molecule has 1 rings (SSSR count). The molecule has 0 fully saturated rings. The number of nitrogens with one attached hydrogen (secondary N) is 1. The lowest BCUT2D eigenvalue weighted by molar-refractivity contribution is 0.146. The summed E-state index contributed by atoms with van der Waals surface area (Å²) in [4.78, 5) is 0. The molecule has 114 valence electrons. The molecule has 0 aliphatic carbocycles. The van der Waals surface area contributed by atoms with Crippen molar-refractivity contribution in [3.63, 3.8) is 0 Å². The minimum atomic E-state index is -3.37. The van der Waals surface area contributed by atoms with Crippen LogP contribution in [0.5, 0.6) is 0 Å². The van der Waals surface area contributed by atoms with Crippen molar-refractivity contribution in [2.24, 2.45) is 5.92 Å². The number of benzene rings is 1. The summed E-state index contributed by atoms with van der Waals surface area (Å²) in [5.74, 6) is 0.394. The first-order chi connectivity index (χ1) is 9.21. The monoisotopic (exact) mass is 319 g/mol. The van der Waals surface area contributed by atoms with Crippen LogP contribution < -0.4 is 4.72 Å². The van der Waals surface area contributed by atoms with E-state index in [4.69, 9.17) is 11.6 Å². The Balaban J connectivity index is 2.65. The average molecular weight is 320 g/mol. The largest absolute Gasteiger partial charge is 0.387 e. The Kier molecular flexibility index (Phi) is 6.45. The first kappa shape index (κ1) is 17.4. The van der Waals surface area contributed by atoms with Gasteiger partial charge in [0.25, 0.3) is 0 Å². The lowest BCUT2D eigenvalue weighted by atomic mass is 10.0. The van der Waals surface area contributed by atoms with Crippen LogP contribution in [0.15, 0.2) is 24.3 Å². The smallest absolute Gasteiger partial charge is 0.211 e. The first-order valence-electron chi connectivity index (χ1n) is 6.65. The molecule has 6 heteroatoms. The SMILES string of the molecule is CC(C)CCS(=O)(=O)NC(C)C(O)c1ccc(Cl)cc1. The second-order valence-electron chi connectivity index (χ2n) is 5.40. The minimum absolute atomic E-state index is 0.0718. The van der Waals surface area contributed by atoms with Crippen molar-refractivity contribution in [2.75, 3.05) is 5.75 Å². The summed E-state index contributed by atoms with van der Waals surface area (Å²) in [6.07, 6.45) is -0.305. The molecular formula is C14H22ClNO3S. The van der Waals surface area contributed by atoms with Gasteiger partial charge in [-0.25, -0.2) is 13.1 Å². The lowest BCUT2D eigenvalue weighted by Crippen LogP contribution is -2.38. The predicted molar refractivity (Wildman–Crippen MR) is 82.3 cm³/mol. The molecule has 0 radical (unpaired) electrons. The van der Waals surface area contributed by atoms with Gasteiger partial charge in [0.15, 0.2) is 0 Å². The molecule has 0 aromatic heterocycles. The van der Waals surface area contributed by atoms with Crippen molar-refractivity contribution in [1.82, 2.24) is 4.72 Å². The van der Waals surface area contributed by atoms with Gasteiger partial charge in [-0.3, -0.25) is 0 Å². The molecule has 2 atom stereocenters. The van der Waals surface area contributed by atoms with Crippen molar-refractivity contribution in [3.05, 3.63) is 34.9 Å². The van der Waals surface area contributed by atoms with Gasteiger partial charge in [-0.15, -0.1) is 0 Å². The maximum absolute atomic E-state index is 11.9. The predicted octanol–water partition coefficient (Wildman–Crippen LogP) is 2.73. The van der Waals surface area contributed by atoms with Crippen molar-refractivity contribution < 1.29 is 13.5 Å². The zero-order chi connectivity index (χ0) is 15.3. The Hall–Kier alpha value is -0.620. The van der Waals surface area contributed by atoms with Gasteiger partial charge in [0, 0.05) is 11.1 Å². The van der Waals surface area contributed by atoms with Gasteiger partial charge in [-0.1, -0.05) is 37.6 Å². The van der Waals surface area contributed by atoms with Gasteiger partial charge in [-0.2, -0.15) is 0 Å². The maximum atomic E-state index is 11.9. The molecule has 2 N–H and O–H groups in total. The Morgan fingerprint density at radius 2 is 1.75 bits per heavy atom. The minimum Gasteiger partial charge on any atom is -0.387 e. The highest BCUT2D eigenvalue weighted by Gasteiger charge is 2.22. The van der Waals surface area contributed by atoms with E-state index >= 15 is 0 Å². The fourth-order valence-corrected chi connectivity index (χ4v) is 3.47. The topological polar surface area (TPSA) is 66.4 Å². The van der Waals surface area contributed by atoms with Gasteiger partial charge in [0.1, 0.15) is 0 Å². The van der Waals surface area contributed by atoms with Gasteiger partial charge < -0.3 is 5.11 Å².